The maximum absolute atomic E-state index is 13.6. The Morgan fingerprint density at radius 2 is 1.90 bits per heavy atom. The van der Waals surface area contributed by atoms with Crippen LogP contribution < -0.4 is 10.2 Å². The molecule has 0 bridgehead atoms. The monoisotopic (exact) mass is 573 g/mol. The molecular formula is C31H35N5O4S. The second-order valence-electron chi connectivity index (χ2n) is 10.6. The van der Waals surface area contributed by atoms with Crippen molar-refractivity contribution in [2.75, 3.05) is 25.0 Å². The van der Waals surface area contributed by atoms with Gasteiger partial charge >= 0.3 is 0 Å². The minimum absolute atomic E-state index is 0.0470. The summed E-state index contributed by atoms with van der Waals surface area (Å²) in [5.41, 5.74) is 3.50. The molecule has 1 aliphatic rings. The third-order valence-electron chi connectivity index (χ3n) is 7.34. The van der Waals surface area contributed by atoms with E-state index >= 15 is 0 Å². The molecule has 1 fully saturated rings. The molecule has 4 aromatic rings. The maximum Gasteiger partial charge on any atom is 0.254 e. The van der Waals surface area contributed by atoms with Crippen molar-refractivity contribution in [1.82, 2.24) is 20.4 Å². The Labute approximate surface area is 243 Å². The highest BCUT2D eigenvalue weighted by molar-refractivity contribution is 7.09. The molecule has 9 nitrogen and oxygen atoms in total. The molecule has 0 aliphatic carbocycles. The molecule has 10 heteroatoms. The topological polar surface area (TPSA) is 112 Å². The number of amides is 2. The summed E-state index contributed by atoms with van der Waals surface area (Å²) in [6.07, 6.45) is 1.31. The van der Waals surface area contributed by atoms with Gasteiger partial charge in [-0.25, -0.2) is 4.98 Å². The van der Waals surface area contributed by atoms with Crippen molar-refractivity contribution in [2.24, 2.45) is 0 Å². The van der Waals surface area contributed by atoms with Crippen molar-refractivity contribution in [3.05, 3.63) is 99.1 Å². The van der Waals surface area contributed by atoms with Gasteiger partial charge in [0.1, 0.15) is 5.01 Å². The average molecular weight is 574 g/mol. The Balaban J connectivity index is 1.32. The van der Waals surface area contributed by atoms with Gasteiger partial charge in [-0.15, -0.1) is 11.3 Å². The highest BCUT2D eigenvalue weighted by atomic mass is 32.1. The Morgan fingerprint density at radius 1 is 1.12 bits per heavy atom. The van der Waals surface area contributed by atoms with Crippen molar-refractivity contribution < 1.29 is 19.2 Å². The third kappa shape index (κ3) is 6.83. The first-order valence-electron chi connectivity index (χ1n) is 13.8. The smallest absolute Gasteiger partial charge is 0.254 e. The van der Waals surface area contributed by atoms with Crippen molar-refractivity contribution in [2.45, 2.75) is 51.3 Å². The second kappa shape index (κ2) is 12.7. The van der Waals surface area contributed by atoms with Crippen LogP contribution >= 0.6 is 11.3 Å². The van der Waals surface area contributed by atoms with Crippen LogP contribution in [0.2, 0.25) is 0 Å². The normalized spacial score (nSPS) is 16.4. The summed E-state index contributed by atoms with van der Waals surface area (Å²) in [5, 5.41) is 21.1. The van der Waals surface area contributed by atoms with Crippen LogP contribution in [0.3, 0.4) is 0 Å². The molecule has 1 aliphatic heterocycles. The molecule has 2 aromatic heterocycles. The van der Waals surface area contributed by atoms with Crippen molar-refractivity contribution >= 4 is 29.0 Å². The van der Waals surface area contributed by atoms with E-state index in [0.717, 1.165) is 34.8 Å². The molecule has 0 radical (unpaired) electrons. The molecule has 2 amide bonds. The van der Waals surface area contributed by atoms with Gasteiger partial charge in [0.2, 0.25) is 5.88 Å². The van der Waals surface area contributed by atoms with Gasteiger partial charge in [0, 0.05) is 48.4 Å². The van der Waals surface area contributed by atoms with Crippen molar-refractivity contribution in [3.8, 4) is 0 Å². The van der Waals surface area contributed by atoms with Crippen LogP contribution in [0.1, 0.15) is 61.6 Å². The fourth-order valence-electron chi connectivity index (χ4n) is 5.18. The zero-order valence-electron chi connectivity index (χ0n) is 23.5. The number of carbonyl (C=O) groups excluding carboxylic acids is 2. The highest BCUT2D eigenvalue weighted by Gasteiger charge is 2.33. The van der Waals surface area contributed by atoms with Crippen LogP contribution in [0.5, 0.6) is 0 Å². The first-order chi connectivity index (χ1) is 19.8. The molecule has 1 saturated heterocycles. The van der Waals surface area contributed by atoms with E-state index in [4.69, 9.17) is 4.52 Å². The lowest BCUT2D eigenvalue weighted by molar-refractivity contribution is 0.0735. The summed E-state index contributed by atoms with van der Waals surface area (Å²) in [7, 11) is 1.80. The summed E-state index contributed by atoms with van der Waals surface area (Å²) in [4.78, 5) is 35.3. The van der Waals surface area contributed by atoms with Crippen LogP contribution in [0, 0.1) is 13.8 Å². The maximum atomic E-state index is 13.6. The Kier molecular flexibility index (Phi) is 8.80. The summed E-state index contributed by atoms with van der Waals surface area (Å²) in [6, 6.07) is 17.7. The number of carbonyl (C=O) groups is 2. The molecule has 0 unspecified atom stereocenters. The van der Waals surface area contributed by atoms with E-state index in [9.17, 15) is 14.7 Å². The van der Waals surface area contributed by atoms with Gasteiger partial charge in [-0.3, -0.25) is 9.59 Å². The number of aromatic nitrogens is 2. The summed E-state index contributed by atoms with van der Waals surface area (Å²) in [6.45, 7) is 4.66. The SMILES string of the molecule is Cc1cc(N(C)C[C@@H](O)[C@H](Cc2ccccc2)NC(=O)c2cccc(C(=O)N3CCC[C@@H]3c3nc(C)cs3)c2)on1. The standard InChI is InChI=1S/C31H35N5O4S/c1-20-15-28(40-34-20)35(3)18-27(37)25(16-22-9-5-4-6-10-22)33-29(38)23-11-7-12-24(17-23)31(39)36-14-8-13-26(36)30-32-21(2)19-41-30/h4-7,9-12,15,17,19,25-27,37H,8,13-14,16,18H2,1-3H3,(H,33,38)/t25-,26+,27+/m0/s1. The number of aliphatic hydroxyl groups excluding tert-OH is 1. The Morgan fingerprint density at radius 3 is 2.61 bits per heavy atom. The van der Waals surface area contributed by atoms with Gasteiger partial charge in [0.05, 0.1) is 23.9 Å². The fraction of sp³-hybridized carbons (Fsp3) is 0.355. The highest BCUT2D eigenvalue weighted by Crippen LogP contribution is 2.34. The second-order valence-corrected chi connectivity index (χ2v) is 11.5. The van der Waals surface area contributed by atoms with E-state index in [0.29, 0.717) is 30.0 Å². The van der Waals surface area contributed by atoms with E-state index < -0.39 is 12.1 Å². The zero-order chi connectivity index (χ0) is 28.9. The number of aryl methyl sites for hydroxylation is 2. The number of likely N-dealkylation sites (N-methyl/N-ethyl adjacent to an activating group) is 1. The number of likely N-dealkylation sites (tertiary alicyclic amines) is 1. The van der Waals surface area contributed by atoms with Crippen molar-refractivity contribution in [3.63, 3.8) is 0 Å². The van der Waals surface area contributed by atoms with Crippen LogP contribution in [0.25, 0.3) is 0 Å². The minimum atomic E-state index is -0.911. The number of hydrogen-bond acceptors (Lipinski definition) is 8. The number of thiazole rings is 1. The first kappa shape index (κ1) is 28.5. The van der Waals surface area contributed by atoms with Gasteiger partial charge in [0.25, 0.3) is 11.8 Å². The molecule has 214 valence electrons. The lowest BCUT2D eigenvalue weighted by atomic mass is 10.00. The largest absolute Gasteiger partial charge is 0.389 e. The van der Waals surface area contributed by atoms with E-state index in [1.807, 2.05) is 54.5 Å². The van der Waals surface area contributed by atoms with E-state index in [2.05, 4.69) is 15.5 Å². The number of anilines is 1. The van der Waals surface area contributed by atoms with Gasteiger partial charge in [-0.2, -0.15) is 0 Å². The molecule has 0 spiro atoms. The lowest BCUT2D eigenvalue weighted by Crippen LogP contribution is -2.49. The van der Waals surface area contributed by atoms with Crippen LogP contribution in [-0.4, -0.2) is 64.2 Å². The number of hydrogen-bond donors (Lipinski definition) is 2. The number of benzene rings is 2. The molecule has 2 aromatic carbocycles. The Hall–Kier alpha value is -4.02. The van der Waals surface area contributed by atoms with E-state index in [1.165, 1.54) is 0 Å². The molecule has 2 N–H and O–H groups in total. The average Bonchev–Trinajstić information content (AvgIpc) is 3.74. The predicted octanol–water partition coefficient (Wildman–Crippen LogP) is 4.56. The summed E-state index contributed by atoms with van der Waals surface area (Å²) < 4.78 is 5.33. The number of nitrogens with one attached hydrogen (secondary N) is 1. The number of rotatable bonds is 10. The van der Waals surface area contributed by atoms with E-state index in [1.54, 1.807) is 53.6 Å². The van der Waals surface area contributed by atoms with Crippen molar-refractivity contribution in [1.29, 1.82) is 0 Å². The van der Waals surface area contributed by atoms with Crippen LogP contribution in [-0.2, 0) is 6.42 Å². The summed E-state index contributed by atoms with van der Waals surface area (Å²) in [5.74, 6) is 0.0665. The summed E-state index contributed by atoms with van der Waals surface area (Å²) >= 11 is 1.58. The minimum Gasteiger partial charge on any atom is -0.389 e. The third-order valence-corrected chi connectivity index (χ3v) is 8.40. The van der Waals surface area contributed by atoms with Crippen LogP contribution in [0.15, 0.2) is 70.6 Å². The Bertz CT molecular complexity index is 1490. The fourth-order valence-corrected chi connectivity index (χ4v) is 6.12. The molecule has 5 rings (SSSR count). The van der Waals surface area contributed by atoms with Gasteiger partial charge in [0.15, 0.2) is 0 Å². The molecule has 3 heterocycles. The van der Waals surface area contributed by atoms with E-state index in [-0.39, 0.29) is 24.4 Å². The lowest BCUT2D eigenvalue weighted by Gasteiger charge is -2.28. The van der Waals surface area contributed by atoms with Gasteiger partial charge < -0.3 is 24.7 Å². The quantitative estimate of drug-likeness (QED) is 0.286. The number of aliphatic hydroxyl groups is 1. The van der Waals surface area contributed by atoms with Gasteiger partial charge in [-0.05, 0) is 56.9 Å². The molecule has 41 heavy (non-hydrogen) atoms. The molecule has 0 saturated carbocycles. The van der Waals surface area contributed by atoms with Gasteiger partial charge in [-0.1, -0.05) is 41.6 Å². The predicted molar refractivity (Wildman–Crippen MR) is 158 cm³/mol. The van der Waals surface area contributed by atoms with Crippen LogP contribution in [0.4, 0.5) is 5.88 Å². The first-order valence-corrected chi connectivity index (χ1v) is 14.7. The number of nitrogens with zero attached hydrogens (tertiary/aromatic N) is 4. The molecule has 3 atom stereocenters. The molecular weight excluding hydrogens is 538 g/mol. The zero-order valence-corrected chi connectivity index (χ0v) is 24.3.